The third kappa shape index (κ3) is 3.02. The average molecular weight is 364 g/mol. The summed E-state index contributed by atoms with van der Waals surface area (Å²) in [5.74, 6) is 0.397. The SMILES string of the molecule is CCc1nnc(NC(=O)c2cnn(-c3ccccc3)c2-n2cccc2)s1. The minimum absolute atomic E-state index is 0.269. The molecule has 0 aliphatic carbocycles. The number of anilines is 1. The molecule has 0 aliphatic heterocycles. The smallest absolute Gasteiger partial charge is 0.262 e. The molecule has 0 saturated heterocycles. The van der Waals surface area contributed by atoms with Gasteiger partial charge in [-0.3, -0.25) is 10.1 Å². The number of aryl methyl sites for hydroxylation is 1. The largest absolute Gasteiger partial charge is 0.308 e. The summed E-state index contributed by atoms with van der Waals surface area (Å²) in [4.78, 5) is 12.8. The number of hydrogen-bond acceptors (Lipinski definition) is 5. The fourth-order valence-electron chi connectivity index (χ4n) is 2.60. The van der Waals surface area contributed by atoms with Gasteiger partial charge in [-0.1, -0.05) is 36.5 Å². The number of para-hydroxylation sites is 1. The van der Waals surface area contributed by atoms with Gasteiger partial charge in [0, 0.05) is 12.4 Å². The maximum atomic E-state index is 12.8. The van der Waals surface area contributed by atoms with E-state index in [1.807, 2.05) is 66.3 Å². The highest BCUT2D eigenvalue weighted by atomic mass is 32.1. The Morgan fingerprint density at radius 3 is 2.58 bits per heavy atom. The molecule has 3 aromatic heterocycles. The van der Waals surface area contributed by atoms with E-state index in [4.69, 9.17) is 0 Å². The molecule has 0 aliphatic rings. The number of hydrogen-bond donors (Lipinski definition) is 1. The van der Waals surface area contributed by atoms with E-state index in [0.29, 0.717) is 16.5 Å². The van der Waals surface area contributed by atoms with Gasteiger partial charge in [0.1, 0.15) is 10.6 Å². The average Bonchev–Trinajstić information content (AvgIpc) is 3.41. The van der Waals surface area contributed by atoms with Crippen molar-refractivity contribution in [2.45, 2.75) is 13.3 Å². The van der Waals surface area contributed by atoms with Crippen LogP contribution in [-0.2, 0) is 6.42 Å². The number of rotatable bonds is 5. The summed E-state index contributed by atoms with van der Waals surface area (Å²) in [5.41, 5.74) is 1.33. The Labute approximate surface area is 153 Å². The fraction of sp³-hybridized carbons (Fsp3) is 0.111. The number of benzene rings is 1. The number of nitrogens with zero attached hydrogens (tertiary/aromatic N) is 5. The summed E-state index contributed by atoms with van der Waals surface area (Å²) >= 11 is 1.37. The van der Waals surface area contributed by atoms with Crippen LogP contribution >= 0.6 is 11.3 Å². The van der Waals surface area contributed by atoms with Gasteiger partial charge in [0.2, 0.25) is 5.13 Å². The summed E-state index contributed by atoms with van der Waals surface area (Å²) < 4.78 is 3.61. The van der Waals surface area contributed by atoms with Crippen LogP contribution in [0.3, 0.4) is 0 Å². The molecule has 130 valence electrons. The molecular weight excluding hydrogens is 348 g/mol. The normalized spacial score (nSPS) is 10.8. The Bertz CT molecular complexity index is 1020. The van der Waals surface area contributed by atoms with Crippen LogP contribution in [0, 0.1) is 0 Å². The Kier molecular flexibility index (Phi) is 4.32. The Hall–Kier alpha value is -3.26. The van der Waals surface area contributed by atoms with E-state index in [2.05, 4.69) is 20.6 Å². The first-order chi connectivity index (χ1) is 12.8. The first-order valence-corrected chi connectivity index (χ1v) is 8.98. The Morgan fingerprint density at radius 2 is 1.88 bits per heavy atom. The van der Waals surface area contributed by atoms with Gasteiger partial charge < -0.3 is 4.57 Å². The number of amides is 1. The summed E-state index contributed by atoms with van der Waals surface area (Å²) in [6, 6.07) is 13.5. The lowest BCUT2D eigenvalue weighted by Crippen LogP contribution is -2.15. The van der Waals surface area contributed by atoms with E-state index in [0.717, 1.165) is 17.1 Å². The molecule has 26 heavy (non-hydrogen) atoms. The Morgan fingerprint density at radius 1 is 1.12 bits per heavy atom. The molecule has 0 atom stereocenters. The van der Waals surface area contributed by atoms with Crippen molar-refractivity contribution in [1.29, 1.82) is 0 Å². The topological polar surface area (TPSA) is 77.6 Å². The van der Waals surface area contributed by atoms with Crippen LogP contribution in [0.1, 0.15) is 22.3 Å². The van der Waals surface area contributed by atoms with Gasteiger partial charge in [-0.25, -0.2) is 4.68 Å². The molecule has 0 saturated carbocycles. The van der Waals surface area contributed by atoms with Crippen molar-refractivity contribution in [3.63, 3.8) is 0 Å². The fourth-order valence-corrected chi connectivity index (χ4v) is 3.27. The van der Waals surface area contributed by atoms with E-state index < -0.39 is 0 Å². The molecular formula is C18H16N6OS. The van der Waals surface area contributed by atoms with Crippen LogP contribution in [0.4, 0.5) is 5.13 Å². The molecule has 7 nitrogen and oxygen atoms in total. The van der Waals surface area contributed by atoms with Crippen molar-refractivity contribution < 1.29 is 4.79 Å². The van der Waals surface area contributed by atoms with Crippen molar-refractivity contribution in [2.75, 3.05) is 5.32 Å². The minimum Gasteiger partial charge on any atom is -0.308 e. The first-order valence-electron chi connectivity index (χ1n) is 8.17. The molecule has 1 aromatic carbocycles. The van der Waals surface area contributed by atoms with Gasteiger partial charge in [0.15, 0.2) is 5.82 Å². The number of aromatic nitrogens is 5. The minimum atomic E-state index is -0.269. The van der Waals surface area contributed by atoms with Gasteiger partial charge in [-0.2, -0.15) is 5.10 Å². The molecule has 0 bridgehead atoms. The van der Waals surface area contributed by atoms with E-state index >= 15 is 0 Å². The number of nitrogens with one attached hydrogen (secondary N) is 1. The van der Waals surface area contributed by atoms with Crippen LogP contribution in [-0.4, -0.2) is 30.5 Å². The molecule has 4 aromatic rings. The standard InChI is InChI=1S/C18H16N6OS/c1-2-15-21-22-18(26-15)20-16(25)14-12-19-24(13-8-4-3-5-9-13)17(14)23-10-6-7-11-23/h3-12H,2H2,1H3,(H,20,22,25). The predicted octanol–water partition coefficient (Wildman–Crippen LogP) is 3.33. The molecule has 8 heteroatoms. The second kappa shape index (κ2) is 6.93. The highest BCUT2D eigenvalue weighted by Crippen LogP contribution is 2.22. The molecule has 0 spiro atoms. The van der Waals surface area contributed by atoms with Crippen LogP contribution in [0.2, 0.25) is 0 Å². The molecule has 3 heterocycles. The highest BCUT2D eigenvalue weighted by molar-refractivity contribution is 7.15. The lowest BCUT2D eigenvalue weighted by atomic mass is 10.3. The lowest BCUT2D eigenvalue weighted by molar-refractivity contribution is 0.102. The molecule has 1 N–H and O–H groups in total. The van der Waals surface area contributed by atoms with Crippen LogP contribution in [0.15, 0.2) is 61.1 Å². The van der Waals surface area contributed by atoms with Crippen LogP contribution < -0.4 is 5.32 Å². The predicted molar refractivity (Wildman–Crippen MR) is 100 cm³/mol. The van der Waals surface area contributed by atoms with Crippen LogP contribution in [0.25, 0.3) is 11.5 Å². The zero-order valence-corrected chi connectivity index (χ0v) is 14.8. The van der Waals surface area contributed by atoms with E-state index in [9.17, 15) is 4.79 Å². The van der Waals surface area contributed by atoms with Crippen molar-refractivity contribution in [1.82, 2.24) is 24.5 Å². The van der Waals surface area contributed by atoms with Crippen molar-refractivity contribution in [3.8, 4) is 11.5 Å². The lowest BCUT2D eigenvalue weighted by Gasteiger charge is -2.10. The third-order valence-corrected chi connectivity index (χ3v) is 4.81. The zero-order chi connectivity index (χ0) is 17.9. The quantitative estimate of drug-likeness (QED) is 0.589. The summed E-state index contributed by atoms with van der Waals surface area (Å²) in [6.45, 7) is 2.00. The van der Waals surface area contributed by atoms with Crippen molar-refractivity contribution in [3.05, 3.63) is 71.6 Å². The van der Waals surface area contributed by atoms with Gasteiger partial charge in [0.05, 0.1) is 11.9 Å². The summed E-state index contributed by atoms with van der Waals surface area (Å²) in [5, 5.41) is 16.7. The maximum Gasteiger partial charge on any atom is 0.262 e. The second-order valence-electron chi connectivity index (χ2n) is 5.53. The van der Waals surface area contributed by atoms with Gasteiger partial charge in [-0.05, 0) is 30.7 Å². The molecule has 0 fully saturated rings. The first kappa shape index (κ1) is 16.2. The van der Waals surface area contributed by atoms with E-state index in [1.165, 1.54) is 11.3 Å². The van der Waals surface area contributed by atoms with E-state index in [-0.39, 0.29) is 5.91 Å². The van der Waals surface area contributed by atoms with E-state index in [1.54, 1.807) is 10.9 Å². The monoisotopic (exact) mass is 364 g/mol. The third-order valence-electron chi connectivity index (χ3n) is 3.83. The molecule has 0 unspecified atom stereocenters. The number of carbonyl (C=O) groups excluding carboxylic acids is 1. The zero-order valence-electron chi connectivity index (χ0n) is 14.0. The second-order valence-corrected chi connectivity index (χ2v) is 6.59. The molecule has 0 radical (unpaired) electrons. The van der Waals surface area contributed by atoms with Gasteiger partial charge in [-0.15, -0.1) is 10.2 Å². The van der Waals surface area contributed by atoms with Gasteiger partial charge in [0.25, 0.3) is 5.91 Å². The molecule has 4 rings (SSSR count). The van der Waals surface area contributed by atoms with Crippen molar-refractivity contribution in [2.24, 2.45) is 0 Å². The van der Waals surface area contributed by atoms with Gasteiger partial charge >= 0.3 is 0 Å². The summed E-state index contributed by atoms with van der Waals surface area (Å²) in [7, 11) is 0. The highest BCUT2D eigenvalue weighted by Gasteiger charge is 2.21. The Balaban J connectivity index is 1.74. The number of carbonyl (C=O) groups is 1. The summed E-state index contributed by atoms with van der Waals surface area (Å²) in [6.07, 6.45) is 6.12. The van der Waals surface area contributed by atoms with Crippen LogP contribution in [0.5, 0.6) is 0 Å². The maximum absolute atomic E-state index is 12.8. The molecule has 1 amide bonds. The van der Waals surface area contributed by atoms with Crippen molar-refractivity contribution >= 4 is 22.4 Å².